The molecule has 1 aliphatic rings. The van der Waals surface area contributed by atoms with Gasteiger partial charge < -0.3 is 26.3 Å². The normalized spacial score (nSPS) is 16.2. The van der Waals surface area contributed by atoms with E-state index in [9.17, 15) is 9.59 Å². The van der Waals surface area contributed by atoms with E-state index in [4.69, 9.17) is 17.3 Å². The van der Waals surface area contributed by atoms with Gasteiger partial charge in [-0.3, -0.25) is 9.59 Å². The van der Waals surface area contributed by atoms with Gasteiger partial charge in [-0.05, 0) is 45.9 Å². The number of rotatable bonds is 5. The summed E-state index contributed by atoms with van der Waals surface area (Å²) >= 11 is 0. The van der Waals surface area contributed by atoms with Crippen molar-refractivity contribution in [1.82, 2.24) is 24.5 Å². The van der Waals surface area contributed by atoms with Gasteiger partial charge in [0.15, 0.2) is 5.82 Å². The number of anilines is 2. The number of nitrogen functional groups attached to an aromatic ring is 1. The van der Waals surface area contributed by atoms with Gasteiger partial charge in [-0.1, -0.05) is 12.1 Å². The van der Waals surface area contributed by atoms with E-state index in [-0.39, 0.29) is 23.7 Å². The molecule has 1 aromatic carbocycles. The van der Waals surface area contributed by atoms with Crippen molar-refractivity contribution in [3.63, 3.8) is 0 Å². The highest BCUT2D eigenvalue weighted by molar-refractivity contribution is 6.03. The number of aromatic nitrogens is 3. The summed E-state index contributed by atoms with van der Waals surface area (Å²) in [5.41, 5.74) is 15.6. The lowest BCUT2D eigenvalue weighted by molar-refractivity contribution is -0.145. The largest absolute Gasteiger partial charge is 0.397 e. The fraction of sp³-hybridized carbons (Fsp3) is 0.360. The van der Waals surface area contributed by atoms with E-state index < -0.39 is 5.54 Å². The lowest BCUT2D eigenvalue weighted by Gasteiger charge is -2.45. The van der Waals surface area contributed by atoms with E-state index in [2.05, 4.69) is 10.1 Å². The van der Waals surface area contributed by atoms with Crippen molar-refractivity contribution < 1.29 is 9.59 Å². The number of hydrogen-bond donors (Lipinski definition) is 3. The van der Waals surface area contributed by atoms with Crippen LogP contribution in [-0.4, -0.2) is 61.0 Å². The highest BCUT2D eigenvalue weighted by Gasteiger charge is 2.43. The van der Waals surface area contributed by atoms with Crippen LogP contribution in [0.2, 0.25) is 0 Å². The number of nitrogens with two attached hydrogens (primary N) is 3. The maximum Gasteiger partial charge on any atom is 0.252 e. The van der Waals surface area contributed by atoms with E-state index in [1.807, 2.05) is 44.2 Å². The Morgan fingerprint density at radius 1 is 1.22 bits per heavy atom. The third-order valence-electron chi connectivity index (χ3n) is 6.60. The number of carbonyl (C=O) groups is 2. The number of carbonyl (C=O) groups excluding carboxylic acids is 2. The summed E-state index contributed by atoms with van der Waals surface area (Å²) in [5, 5.41) is 5.94. The molecule has 11 nitrogen and oxygen atoms in total. The average molecular weight is 492 g/mol. The Morgan fingerprint density at radius 3 is 2.61 bits per heavy atom. The van der Waals surface area contributed by atoms with Crippen molar-refractivity contribution in [2.45, 2.75) is 46.2 Å². The lowest BCUT2D eigenvalue weighted by atomic mass is 9.96. The summed E-state index contributed by atoms with van der Waals surface area (Å²) in [6.07, 6.45) is 3.04. The van der Waals surface area contributed by atoms with Gasteiger partial charge in [0.2, 0.25) is 5.91 Å². The molecular weight excluding hydrogens is 458 g/mol. The third-order valence-corrected chi connectivity index (χ3v) is 6.60. The second kappa shape index (κ2) is 9.15. The molecule has 190 valence electrons. The minimum absolute atomic E-state index is 0.0486. The maximum atomic E-state index is 13.4. The Hall–Kier alpha value is -4.12. The maximum absolute atomic E-state index is 13.4. The molecule has 0 atom stereocenters. The second-order valence-corrected chi connectivity index (χ2v) is 9.71. The number of amides is 2. The summed E-state index contributed by atoms with van der Waals surface area (Å²) in [6, 6.07) is 9.55. The topological polar surface area (TPSA) is 152 Å². The predicted molar refractivity (Wildman–Crippen MR) is 140 cm³/mol. The lowest BCUT2D eigenvalue weighted by Crippen LogP contribution is -2.64. The summed E-state index contributed by atoms with van der Waals surface area (Å²) in [6.45, 7) is 9.78. The Balaban J connectivity index is 1.79. The molecule has 1 saturated heterocycles. The molecule has 36 heavy (non-hydrogen) atoms. The Labute approximate surface area is 210 Å². The molecule has 4 rings (SSSR count). The highest BCUT2D eigenvalue weighted by Crippen LogP contribution is 2.34. The van der Waals surface area contributed by atoms with Gasteiger partial charge in [0.1, 0.15) is 17.4 Å². The van der Waals surface area contributed by atoms with Crippen molar-refractivity contribution >= 4 is 34.5 Å². The smallest absolute Gasteiger partial charge is 0.252 e. The molecule has 0 aliphatic carbocycles. The predicted octanol–water partition coefficient (Wildman–Crippen LogP) is 1.79. The summed E-state index contributed by atoms with van der Waals surface area (Å²) < 4.78 is 1.69. The third kappa shape index (κ3) is 4.22. The van der Waals surface area contributed by atoms with Crippen LogP contribution in [0.15, 0.2) is 42.9 Å². The number of hydrogen-bond acceptors (Lipinski definition) is 8. The molecule has 3 aromatic rings. The molecule has 0 bridgehead atoms. The zero-order chi connectivity index (χ0) is 26.4. The minimum Gasteiger partial charge on any atom is -0.397 e. The molecule has 1 fully saturated rings. The quantitative estimate of drug-likeness (QED) is 0.361. The van der Waals surface area contributed by atoms with E-state index in [0.29, 0.717) is 29.9 Å². The Bertz CT molecular complexity index is 1360. The molecule has 0 saturated carbocycles. The van der Waals surface area contributed by atoms with Gasteiger partial charge in [-0.2, -0.15) is 5.10 Å². The highest BCUT2D eigenvalue weighted by atomic mass is 16.2. The van der Waals surface area contributed by atoms with Gasteiger partial charge in [0.25, 0.3) is 5.91 Å². The van der Waals surface area contributed by atoms with Crippen LogP contribution in [0.1, 0.15) is 40.2 Å². The van der Waals surface area contributed by atoms with Gasteiger partial charge in [-0.15, -0.1) is 0 Å². The van der Waals surface area contributed by atoms with Gasteiger partial charge in [-0.25, -0.2) is 15.3 Å². The molecule has 6 N–H and O–H groups in total. The first-order chi connectivity index (χ1) is 16.9. The zero-order valence-corrected chi connectivity index (χ0v) is 21.3. The summed E-state index contributed by atoms with van der Waals surface area (Å²) in [7, 11) is 0. The van der Waals surface area contributed by atoms with Crippen molar-refractivity contribution in [3.8, 4) is 11.3 Å². The van der Waals surface area contributed by atoms with Crippen molar-refractivity contribution in [2.24, 2.45) is 11.6 Å². The average Bonchev–Trinajstić information content (AvgIpc) is 3.21. The van der Waals surface area contributed by atoms with Crippen LogP contribution >= 0.6 is 0 Å². The van der Waals surface area contributed by atoms with Crippen LogP contribution < -0.4 is 22.2 Å². The van der Waals surface area contributed by atoms with Gasteiger partial charge >= 0.3 is 0 Å². The Morgan fingerprint density at radius 2 is 1.94 bits per heavy atom. The van der Waals surface area contributed by atoms with Crippen molar-refractivity contribution in [1.29, 1.82) is 0 Å². The molecule has 11 heteroatoms. The number of benzene rings is 1. The standard InChI is InChI=1S/C25H33N9O2/c1-15(2)33(28)13-20(26)19-12-21(34-22(19)23(27)29-14-30-34)17-7-6-8-18(11-17)31-9-10-32(16(3)35)25(4,5)24(31)36/h6-8,11-15H,9-10,26,28H2,1-5H3,(H2,27,29,30)/b20-13-. The van der Waals surface area contributed by atoms with Crippen molar-refractivity contribution in [2.75, 3.05) is 23.7 Å². The van der Waals surface area contributed by atoms with Crippen LogP contribution in [0.5, 0.6) is 0 Å². The SMILES string of the molecule is CC(=O)N1CCN(c2cccc(-c3cc(/C(N)=C/N(N)C(C)C)c4c(N)ncnn34)c2)C(=O)C1(C)C. The summed E-state index contributed by atoms with van der Waals surface area (Å²) in [4.78, 5) is 32.9. The summed E-state index contributed by atoms with van der Waals surface area (Å²) in [5.74, 6) is 6.09. The first-order valence-electron chi connectivity index (χ1n) is 11.8. The van der Waals surface area contributed by atoms with Crippen LogP contribution in [0, 0.1) is 0 Å². The van der Waals surface area contributed by atoms with E-state index in [1.165, 1.54) is 18.3 Å². The second-order valence-electron chi connectivity index (χ2n) is 9.71. The number of piperazine rings is 1. The van der Waals surface area contributed by atoms with Gasteiger partial charge in [0.05, 0.1) is 11.4 Å². The Kier molecular flexibility index (Phi) is 6.35. The fourth-order valence-electron chi connectivity index (χ4n) is 4.53. The molecule has 3 heterocycles. The van der Waals surface area contributed by atoms with E-state index in [0.717, 1.165) is 16.9 Å². The first-order valence-corrected chi connectivity index (χ1v) is 11.8. The van der Waals surface area contributed by atoms with Crippen LogP contribution in [0.25, 0.3) is 22.5 Å². The number of hydrazine groups is 1. The van der Waals surface area contributed by atoms with Gasteiger partial charge in [0, 0.05) is 49.1 Å². The molecule has 2 amide bonds. The molecular formula is C25H33N9O2. The monoisotopic (exact) mass is 491 g/mol. The zero-order valence-electron chi connectivity index (χ0n) is 21.3. The molecule has 0 unspecified atom stereocenters. The van der Waals surface area contributed by atoms with Crippen LogP contribution in [0.4, 0.5) is 11.5 Å². The fourth-order valence-corrected chi connectivity index (χ4v) is 4.53. The molecule has 1 aliphatic heterocycles. The van der Waals surface area contributed by atoms with Crippen molar-refractivity contribution in [3.05, 3.63) is 48.4 Å². The molecule has 2 aromatic heterocycles. The van der Waals surface area contributed by atoms with E-state index in [1.54, 1.807) is 34.4 Å². The number of fused-ring (bicyclic) bond motifs is 1. The number of nitrogens with zero attached hydrogens (tertiary/aromatic N) is 6. The first kappa shape index (κ1) is 25.0. The van der Waals surface area contributed by atoms with Crippen LogP contribution in [-0.2, 0) is 9.59 Å². The molecule has 0 spiro atoms. The van der Waals surface area contributed by atoms with E-state index >= 15 is 0 Å². The minimum atomic E-state index is -0.944. The van der Waals surface area contributed by atoms with Crippen LogP contribution in [0.3, 0.4) is 0 Å². The molecule has 0 radical (unpaired) electrons.